The van der Waals surface area contributed by atoms with Crippen molar-refractivity contribution in [2.45, 2.75) is 17.2 Å². The third-order valence-corrected chi connectivity index (χ3v) is 4.97. The van der Waals surface area contributed by atoms with E-state index in [-0.39, 0.29) is 17.6 Å². The van der Waals surface area contributed by atoms with E-state index in [4.69, 9.17) is 23.2 Å². The number of alkyl halides is 2. The van der Waals surface area contributed by atoms with Gasteiger partial charge in [0.05, 0.1) is 5.92 Å². The number of Topliss-reactive ketones (excluding diaryl/α,β-unsaturated/α-hetero) is 1. The van der Waals surface area contributed by atoms with Crippen LogP contribution in [0.4, 0.5) is 5.69 Å². The van der Waals surface area contributed by atoms with Crippen molar-refractivity contribution in [3.05, 3.63) is 65.7 Å². The summed E-state index contributed by atoms with van der Waals surface area (Å²) in [4.78, 5) is 23.9. The number of carbonyl (C=O) groups is 2. The maximum absolute atomic E-state index is 12.5. The number of halogens is 2. The van der Waals surface area contributed by atoms with E-state index in [2.05, 4.69) is 5.32 Å². The predicted octanol–water partition coefficient (Wildman–Crippen LogP) is 4.42. The molecule has 1 saturated carbocycles. The van der Waals surface area contributed by atoms with Crippen molar-refractivity contribution in [3.63, 3.8) is 0 Å². The molecule has 0 saturated heterocycles. The summed E-state index contributed by atoms with van der Waals surface area (Å²) in [5.41, 5.74) is 2.04. The third-order valence-electron chi connectivity index (χ3n) is 4.03. The highest BCUT2D eigenvalue weighted by Crippen LogP contribution is 2.65. The van der Waals surface area contributed by atoms with Gasteiger partial charge in [0, 0.05) is 17.2 Å². The Balaban J connectivity index is 1.77. The molecule has 118 valence electrons. The van der Waals surface area contributed by atoms with E-state index in [1.165, 1.54) is 6.92 Å². The Labute approximate surface area is 144 Å². The van der Waals surface area contributed by atoms with E-state index < -0.39 is 10.3 Å². The lowest BCUT2D eigenvalue weighted by atomic mass is 10.1. The topological polar surface area (TPSA) is 46.2 Å². The van der Waals surface area contributed by atoms with Gasteiger partial charge in [-0.1, -0.05) is 42.5 Å². The fourth-order valence-electron chi connectivity index (χ4n) is 2.76. The highest BCUT2D eigenvalue weighted by Gasteiger charge is 2.67. The van der Waals surface area contributed by atoms with Crippen LogP contribution >= 0.6 is 23.2 Å². The van der Waals surface area contributed by atoms with E-state index in [1.807, 2.05) is 30.3 Å². The Bertz CT molecular complexity index is 759. The van der Waals surface area contributed by atoms with Gasteiger partial charge in [0.1, 0.15) is 4.33 Å². The fraction of sp³-hybridized carbons (Fsp3) is 0.222. The second kappa shape index (κ2) is 5.99. The van der Waals surface area contributed by atoms with Crippen molar-refractivity contribution in [2.24, 2.45) is 5.92 Å². The monoisotopic (exact) mass is 347 g/mol. The van der Waals surface area contributed by atoms with Crippen LogP contribution in [0.15, 0.2) is 54.6 Å². The molecule has 5 heteroatoms. The van der Waals surface area contributed by atoms with Gasteiger partial charge in [-0.05, 0) is 24.6 Å². The van der Waals surface area contributed by atoms with Crippen LogP contribution in [-0.4, -0.2) is 16.0 Å². The van der Waals surface area contributed by atoms with E-state index in [9.17, 15) is 9.59 Å². The molecule has 2 aromatic rings. The maximum atomic E-state index is 12.5. The fourth-order valence-corrected chi connectivity index (χ4v) is 3.59. The molecule has 0 aliphatic heterocycles. The first-order valence-corrected chi connectivity index (χ1v) is 8.01. The number of carbonyl (C=O) groups excluding carboxylic acids is 2. The zero-order valence-corrected chi connectivity index (χ0v) is 13.9. The molecule has 1 amide bonds. The lowest BCUT2D eigenvalue weighted by Crippen LogP contribution is -2.17. The van der Waals surface area contributed by atoms with Gasteiger partial charge in [-0.3, -0.25) is 9.59 Å². The smallest absolute Gasteiger partial charge is 0.231 e. The lowest BCUT2D eigenvalue weighted by Gasteiger charge is -2.06. The predicted molar refractivity (Wildman–Crippen MR) is 92.2 cm³/mol. The molecule has 0 radical (unpaired) electrons. The molecule has 3 rings (SSSR count). The number of anilines is 1. The number of rotatable bonds is 4. The third kappa shape index (κ3) is 3.12. The highest BCUT2D eigenvalue weighted by atomic mass is 35.5. The number of benzene rings is 2. The minimum atomic E-state index is -1.11. The molecule has 23 heavy (non-hydrogen) atoms. The minimum absolute atomic E-state index is 0.0567. The van der Waals surface area contributed by atoms with E-state index in [0.717, 1.165) is 5.56 Å². The number of ketones is 1. The van der Waals surface area contributed by atoms with Crippen molar-refractivity contribution in [1.82, 2.24) is 0 Å². The van der Waals surface area contributed by atoms with Crippen molar-refractivity contribution < 1.29 is 9.59 Å². The summed E-state index contributed by atoms with van der Waals surface area (Å²) >= 11 is 12.6. The molecule has 0 aromatic heterocycles. The van der Waals surface area contributed by atoms with Crippen LogP contribution in [0.5, 0.6) is 0 Å². The van der Waals surface area contributed by atoms with Gasteiger partial charge < -0.3 is 5.32 Å². The molecular weight excluding hydrogens is 333 g/mol. The van der Waals surface area contributed by atoms with E-state index in [1.54, 1.807) is 24.3 Å². The van der Waals surface area contributed by atoms with Gasteiger partial charge >= 0.3 is 0 Å². The molecule has 1 aliphatic rings. The molecule has 0 spiro atoms. The first kappa shape index (κ1) is 16.0. The van der Waals surface area contributed by atoms with Crippen LogP contribution in [0.3, 0.4) is 0 Å². The second-order valence-electron chi connectivity index (χ2n) is 5.67. The summed E-state index contributed by atoms with van der Waals surface area (Å²) in [5.74, 6) is -1.06. The molecular formula is C18H15Cl2NO2. The summed E-state index contributed by atoms with van der Waals surface area (Å²) in [7, 11) is 0. The number of hydrogen-bond acceptors (Lipinski definition) is 2. The molecule has 0 unspecified atom stereocenters. The van der Waals surface area contributed by atoms with Crippen molar-refractivity contribution in [3.8, 4) is 0 Å². The molecule has 1 fully saturated rings. The highest BCUT2D eigenvalue weighted by molar-refractivity contribution is 6.53. The van der Waals surface area contributed by atoms with Crippen LogP contribution in [0.25, 0.3) is 0 Å². The zero-order valence-electron chi connectivity index (χ0n) is 12.4. The van der Waals surface area contributed by atoms with Crippen molar-refractivity contribution in [1.29, 1.82) is 0 Å². The van der Waals surface area contributed by atoms with Crippen LogP contribution in [0, 0.1) is 5.92 Å². The number of amides is 1. The minimum Gasteiger partial charge on any atom is -0.326 e. The molecule has 3 nitrogen and oxygen atoms in total. The molecule has 0 heterocycles. The van der Waals surface area contributed by atoms with Crippen LogP contribution in [0.1, 0.15) is 28.8 Å². The summed E-state index contributed by atoms with van der Waals surface area (Å²) in [6.07, 6.45) is 0. The van der Waals surface area contributed by atoms with Crippen LogP contribution in [-0.2, 0) is 4.79 Å². The average Bonchev–Trinajstić information content (AvgIpc) is 3.11. The maximum Gasteiger partial charge on any atom is 0.231 e. The molecule has 2 atom stereocenters. The summed E-state index contributed by atoms with van der Waals surface area (Å²) in [6.45, 7) is 1.48. The Morgan fingerprint density at radius 2 is 1.74 bits per heavy atom. The Morgan fingerprint density at radius 3 is 2.39 bits per heavy atom. The van der Waals surface area contributed by atoms with Crippen molar-refractivity contribution >= 4 is 40.6 Å². The zero-order chi connectivity index (χ0) is 16.6. The summed E-state index contributed by atoms with van der Waals surface area (Å²) in [5, 5.41) is 2.79. The van der Waals surface area contributed by atoms with Gasteiger partial charge in [-0.2, -0.15) is 0 Å². The summed E-state index contributed by atoms with van der Waals surface area (Å²) in [6, 6.07) is 16.3. The van der Waals surface area contributed by atoms with Gasteiger partial charge in [-0.15, -0.1) is 23.2 Å². The average molecular weight is 348 g/mol. The van der Waals surface area contributed by atoms with Gasteiger partial charge in [-0.25, -0.2) is 0 Å². The van der Waals surface area contributed by atoms with Gasteiger partial charge in [0.15, 0.2) is 5.78 Å². The van der Waals surface area contributed by atoms with Crippen molar-refractivity contribution in [2.75, 3.05) is 5.32 Å². The second-order valence-corrected chi connectivity index (χ2v) is 7.11. The number of hydrogen-bond donors (Lipinski definition) is 1. The van der Waals surface area contributed by atoms with Gasteiger partial charge in [0.25, 0.3) is 0 Å². The SMILES string of the molecule is CC(=O)c1cccc(NC(=O)[C@@H]2[C@@H](c3ccccc3)C2(Cl)Cl)c1. The first-order valence-electron chi connectivity index (χ1n) is 7.26. The van der Waals surface area contributed by atoms with E-state index in [0.29, 0.717) is 11.3 Å². The Morgan fingerprint density at radius 1 is 1.04 bits per heavy atom. The Kier molecular flexibility index (Phi) is 4.17. The first-order chi connectivity index (χ1) is 10.9. The standard InChI is InChI=1S/C18H15Cl2NO2/c1-11(22)13-8-5-9-14(10-13)21-17(23)16-15(18(16,19)20)12-6-3-2-4-7-12/h2-10,15-16H,1H3,(H,21,23)/t15-,16+/m1/s1. The van der Waals surface area contributed by atoms with Crippen LogP contribution < -0.4 is 5.32 Å². The van der Waals surface area contributed by atoms with Gasteiger partial charge in [0.2, 0.25) is 5.91 Å². The lowest BCUT2D eigenvalue weighted by molar-refractivity contribution is -0.117. The molecule has 1 aliphatic carbocycles. The molecule has 0 bridgehead atoms. The molecule has 1 N–H and O–H groups in total. The quantitative estimate of drug-likeness (QED) is 0.657. The number of nitrogens with one attached hydrogen (secondary N) is 1. The van der Waals surface area contributed by atoms with E-state index >= 15 is 0 Å². The largest absolute Gasteiger partial charge is 0.326 e. The van der Waals surface area contributed by atoms with Crippen LogP contribution in [0.2, 0.25) is 0 Å². The molecule has 2 aromatic carbocycles. The normalized spacial score (nSPS) is 21.5. The Hall–Kier alpha value is -1.84. The summed E-state index contributed by atoms with van der Waals surface area (Å²) < 4.78 is -1.11.